The van der Waals surface area contributed by atoms with Crippen LogP contribution in [0.5, 0.6) is 0 Å². The number of para-hydroxylation sites is 1. The Morgan fingerprint density at radius 1 is 1.29 bits per heavy atom. The molecular weight excluding hydrogens is 216 g/mol. The van der Waals surface area contributed by atoms with Crippen molar-refractivity contribution in [1.29, 1.82) is 0 Å². The molecule has 0 aromatic heterocycles. The number of hydrogen-bond acceptors (Lipinski definition) is 4. The summed E-state index contributed by atoms with van der Waals surface area (Å²) in [7, 11) is 0. The first-order valence-electron chi connectivity index (χ1n) is 6.09. The van der Waals surface area contributed by atoms with E-state index in [2.05, 4.69) is 6.92 Å². The third-order valence-corrected chi connectivity index (χ3v) is 3.38. The van der Waals surface area contributed by atoms with E-state index in [1.807, 2.05) is 29.2 Å². The van der Waals surface area contributed by atoms with Gasteiger partial charge in [0.25, 0.3) is 0 Å². The highest BCUT2D eigenvalue weighted by molar-refractivity contribution is 5.56. The normalized spacial score (nSPS) is 26.2. The third kappa shape index (κ3) is 2.44. The molecule has 17 heavy (non-hydrogen) atoms. The van der Waals surface area contributed by atoms with E-state index in [-0.39, 0.29) is 6.04 Å². The Morgan fingerprint density at radius 3 is 2.47 bits per heavy atom. The fourth-order valence-electron chi connectivity index (χ4n) is 2.28. The van der Waals surface area contributed by atoms with Crippen molar-refractivity contribution in [3.05, 3.63) is 29.8 Å². The highest BCUT2D eigenvalue weighted by Gasteiger charge is 2.30. The molecule has 3 atom stereocenters. The van der Waals surface area contributed by atoms with Crippen LogP contribution in [0.1, 0.15) is 24.9 Å². The van der Waals surface area contributed by atoms with Crippen molar-refractivity contribution in [3.63, 3.8) is 0 Å². The molecule has 0 aliphatic carbocycles. The zero-order chi connectivity index (χ0) is 12.4. The molecule has 2 rings (SSSR count). The molecule has 1 aromatic carbocycles. The van der Waals surface area contributed by atoms with Crippen molar-refractivity contribution in [3.8, 4) is 0 Å². The fourth-order valence-corrected chi connectivity index (χ4v) is 2.28. The van der Waals surface area contributed by atoms with Crippen molar-refractivity contribution < 1.29 is 10.2 Å². The van der Waals surface area contributed by atoms with Crippen LogP contribution in [0, 0.1) is 0 Å². The van der Waals surface area contributed by atoms with Crippen molar-refractivity contribution in [1.82, 2.24) is 0 Å². The molecule has 0 amide bonds. The molecule has 0 spiro atoms. The minimum absolute atomic E-state index is 0.00101. The lowest BCUT2D eigenvalue weighted by Crippen LogP contribution is -2.24. The van der Waals surface area contributed by atoms with Gasteiger partial charge in [0, 0.05) is 24.8 Å². The molecule has 1 heterocycles. The van der Waals surface area contributed by atoms with Crippen molar-refractivity contribution in [2.75, 3.05) is 18.0 Å². The number of rotatable bonds is 3. The van der Waals surface area contributed by atoms with E-state index in [9.17, 15) is 10.2 Å². The van der Waals surface area contributed by atoms with Crippen molar-refractivity contribution in [2.45, 2.75) is 31.6 Å². The van der Waals surface area contributed by atoms with Gasteiger partial charge in [0.05, 0.1) is 12.2 Å². The number of nitrogens with zero attached hydrogens (tertiary/aromatic N) is 1. The zero-order valence-corrected chi connectivity index (χ0v) is 10.1. The van der Waals surface area contributed by atoms with Crippen LogP contribution in [-0.2, 0) is 0 Å². The van der Waals surface area contributed by atoms with Crippen molar-refractivity contribution >= 4 is 5.69 Å². The Balaban J connectivity index is 2.26. The van der Waals surface area contributed by atoms with E-state index in [0.29, 0.717) is 13.1 Å². The Kier molecular flexibility index (Phi) is 3.66. The maximum atomic E-state index is 9.59. The standard InChI is InChI=1S/C13H20N2O2/c1-2-10(14)9-5-3-4-6-11(9)15-7-12(16)13(17)8-15/h3-6,10,12-13,16-17H,2,7-8,14H2,1H3. The average Bonchev–Trinajstić information content (AvgIpc) is 2.68. The molecular formula is C13H20N2O2. The molecule has 0 bridgehead atoms. The number of β-amino-alcohol motifs (C(OH)–C–C–N with tert-alkyl or cyclic N) is 2. The van der Waals surface area contributed by atoms with Gasteiger partial charge in [0.2, 0.25) is 0 Å². The number of hydrogen-bond donors (Lipinski definition) is 3. The smallest absolute Gasteiger partial charge is 0.0990 e. The van der Waals surface area contributed by atoms with Crippen molar-refractivity contribution in [2.24, 2.45) is 5.73 Å². The Hall–Kier alpha value is -1.10. The molecule has 4 N–H and O–H groups in total. The minimum atomic E-state index is -0.666. The lowest BCUT2D eigenvalue weighted by molar-refractivity contribution is 0.0572. The van der Waals surface area contributed by atoms with E-state index in [4.69, 9.17) is 5.73 Å². The van der Waals surface area contributed by atoms with Crippen LogP contribution in [0.2, 0.25) is 0 Å². The second-order valence-electron chi connectivity index (χ2n) is 4.61. The van der Waals surface area contributed by atoms with Crippen LogP contribution in [-0.4, -0.2) is 35.5 Å². The molecule has 1 aliphatic rings. The number of nitrogens with two attached hydrogens (primary N) is 1. The first-order valence-corrected chi connectivity index (χ1v) is 6.09. The van der Waals surface area contributed by atoms with Crippen LogP contribution in [0.15, 0.2) is 24.3 Å². The third-order valence-electron chi connectivity index (χ3n) is 3.38. The van der Waals surface area contributed by atoms with Gasteiger partial charge in [-0.05, 0) is 18.1 Å². The Labute approximate surface area is 102 Å². The van der Waals surface area contributed by atoms with Crippen LogP contribution in [0.3, 0.4) is 0 Å². The van der Waals surface area contributed by atoms with E-state index < -0.39 is 12.2 Å². The highest BCUT2D eigenvalue weighted by Crippen LogP contribution is 2.29. The summed E-state index contributed by atoms with van der Waals surface area (Å²) in [6, 6.07) is 7.94. The first kappa shape index (κ1) is 12.4. The summed E-state index contributed by atoms with van der Waals surface area (Å²) < 4.78 is 0. The first-order chi connectivity index (χ1) is 8.13. The maximum Gasteiger partial charge on any atom is 0.0990 e. The van der Waals surface area contributed by atoms with Gasteiger partial charge in [-0.25, -0.2) is 0 Å². The fraction of sp³-hybridized carbons (Fsp3) is 0.538. The van der Waals surface area contributed by atoms with Gasteiger partial charge in [-0.1, -0.05) is 25.1 Å². The number of aliphatic hydroxyl groups is 2. The lowest BCUT2D eigenvalue weighted by atomic mass is 10.0. The molecule has 1 aliphatic heterocycles. The van der Waals surface area contributed by atoms with Crippen LogP contribution >= 0.6 is 0 Å². The van der Waals surface area contributed by atoms with Gasteiger partial charge in [-0.15, -0.1) is 0 Å². The quantitative estimate of drug-likeness (QED) is 0.720. The van der Waals surface area contributed by atoms with Gasteiger partial charge in [-0.3, -0.25) is 0 Å². The SMILES string of the molecule is CCC(N)c1ccccc1N1CC(O)C(O)C1. The summed E-state index contributed by atoms with van der Waals surface area (Å²) in [5.41, 5.74) is 8.19. The summed E-state index contributed by atoms with van der Waals surface area (Å²) in [6.07, 6.45) is -0.461. The highest BCUT2D eigenvalue weighted by atomic mass is 16.3. The molecule has 94 valence electrons. The predicted molar refractivity (Wildman–Crippen MR) is 67.9 cm³/mol. The minimum Gasteiger partial charge on any atom is -0.389 e. The van der Waals surface area contributed by atoms with Gasteiger partial charge in [-0.2, -0.15) is 0 Å². The number of benzene rings is 1. The lowest BCUT2D eigenvalue weighted by Gasteiger charge is -2.23. The average molecular weight is 236 g/mol. The molecule has 3 unspecified atom stereocenters. The molecule has 1 saturated heterocycles. The zero-order valence-electron chi connectivity index (χ0n) is 10.1. The molecule has 4 nitrogen and oxygen atoms in total. The maximum absolute atomic E-state index is 9.59. The van der Waals surface area contributed by atoms with Crippen LogP contribution < -0.4 is 10.6 Å². The monoisotopic (exact) mass is 236 g/mol. The van der Waals surface area contributed by atoms with Gasteiger partial charge < -0.3 is 20.8 Å². The topological polar surface area (TPSA) is 69.7 Å². The summed E-state index contributed by atoms with van der Waals surface area (Å²) in [4.78, 5) is 2.00. The number of anilines is 1. The molecule has 1 aromatic rings. The molecule has 0 radical (unpaired) electrons. The van der Waals surface area contributed by atoms with Crippen LogP contribution in [0.25, 0.3) is 0 Å². The molecule has 1 fully saturated rings. The molecule has 4 heteroatoms. The second-order valence-corrected chi connectivity index (χ2v) is 4.61. The summed E-state index contributed by atoms with van der Waals surface area (Å²) in [5.74, 6) is 0. The van der Waals surface area contributed by atoms with E-state index >= 15 is 0 Å². The van der Waals surface area contributed by atoms with Gasteiger partial charge in [0.1, 0.15) is 0 Å². The Morgan fingerprint density at radius 2 is 1.88 bits per heavy atom. The summed E-state index contributed by atoms with van der Waals surface area (Å²) >= 11 is 0. The summed E-state index contributed by atoms with van der Waals surface area (Å²) in [5, 5.41) is 19.2. The second kappa shape index (κ2) is 5.04. The van der Waals surface area contributed by atoms with Crippen LogP contribution in [0.4, 0.5) is 5.69 Å². The summed E-state index contributed by atoms with van der Waals surface area (Å²) in [6.45, 7) is 2.98. The van der Waals surface area contributed by atoms with E-state index in [0.717, 1.165) is 17.7 Å². The van der Waals surface area contributed by atoms with Gasteiger partial charge in [0.15, 0.2) is 0 Å². The van der Waals surface area contributed by atoms with E-state index in [1.165, 1.54) is 0 Å². The van der Waals surface area contributed by atoms with E-state index in [1.54, 1.807) is 0 Å². The Bertz CT molecular complexity index is 373. The van der Waals surface area contributed by atoms with Gasteiger partial charge >= 0.3 is 0 Å². The molecule has 0 saturated carbocycles. The predicted octanol–water partition coefficient (Wildman–Crippen LogP) is 0.638. The number of aliphatic hydroxyl groups excluding tert-OH is 2. The largest absolute Gasteiger partial charge is 0.389 e.